The summed E-state index contributed by atoms with van der Waals surface area (Å²) in [7, 11) is 0. The molecule has 0 spiro atoms. The third kappa shape index (κ3) is 6.09. The van der Waals surface area contributed by atoms with Crippen molar-refractivity contribution in [1.82, 2.24) is 19.7 Å². The Balaban J connectivity index is 1.54. The fraction of sp³-hybridized carbons (Fsp3) is 0.208. The van der Waals surface area contributed by atoms with Crippen molar-refractivity contribution >= 4 is 28.8 Å². The maximum atomic E-state index is 14.3. The topological polar surface area (TPSA) is 94.9 Å². The largest absolute Gasteiger partial charge is 0.416 e. The fourth-order valence-electron chi connectivity index (χ4n) is 3.70. The highest BCUT2D eigenvalue weighted by atomic mass is 35.5. The van der Waals surface area contributed by atoms with Crippen LogP contribution in [0.15, 0.2) is 65.5 Å². The van der Waals surface area contributed by atoms with Crippen LogP contribution < -0.4 is 16.7 Å². The molecule has 0 fully saturated rings. The Morgan fingerprint density at radius 3 is 2.49 bits per heavy atom. The molecule has 4 rings (SSSR count). The van der Waals surface area contributed by atoms with Crippen molar-refractivity contribution in [3.05, 3.63) is 98.0 Å². The summed E-state index contributed by atoms with van der Waals surface area (Å²) in [5.74, 6) is -1.01. The van der Waals surface area contributed by atoms with Crippen molar-refractivity contribution < 1.29 is 22.4 Å². The van der Waals surface area contributed by atoms with Gasteiger partial charge >= 0.3 is 11.9 Å². The van der Waals surface area contributed by atoms with Crippen LogP contribution in [0, 0.1) is 5.82 Å². The van der Waals surface area contributed by atoms with Gasteiger partial charge in [-0.1, -0.05) is 48.0 Å². The second-order valence-corrected chi connectivity index (χ2v) is 9.76. The number of carbonyl (C=O) groups is 1. The summed E-state index contributed by atoms with van der Waals surface area (Å²) in [6.07, 6.45) is -4.60. The molecular weight excluding hydrogens is 534 g/mol. The van der Waals surface area contributed by atoms with E-state index < -0.39 is 41.7 Å². The van der Waals surface area contributed by atoms with E-state index in [1.807, 2.05) is 0 Å². The number of hydrogen-bond donors (Lipinski definition) is 2. The zero-order valence-electron chi connectivity index (χ0n) is 19.0. The lowest BCUT2D eigenvalue weighted by Crippen LogP contribution is -2.37. The van der Waals surface area contributed by atoms with Crippen LogP contribution in [-0.4, -0.2) is 26.8 Å². The summed E-state index contributed by atoms with van der Waals surface area (Å²) in [4.78, 5) is 26.2. The van der Waals surface area contributed by atoms with Crippen LogP contribution in [0.3, 0.4) is 0 Å². The van der Waals surface area contributed by atoms with Gasteiger partial charge in [-0.2, -0.15) is 13.2 Å². The number of carbonyl (C=O) groups excluding carboxylic acids is 1. The van der Waals surface area contributed by atoms with Gasteiger partial charge in [0.05, 0.1) is 21.3 Å². The van der Waals surface area contributed by atoms with Crippen LogP contribution in [0.5, 0.6) is 0 Å². The van der Waals surface area contributed by atoms with Gasteiger partial charge in [0.15, 0.2) is 5.82 Å². The maximum absolute atomic E-state index is 14.3. The number of nitrogens with one attached hydrogen (secondary N) is 1. The number of halogens is 5. The van der Waals surface area contributed by atoms with Crippen LogP contribution in [0.2, 0.25) is 4.34 Å². The highest BCUT2D eigenvalue weighted by Gasteiger charge is 2.34. The standard InChI is InChI=1S/C24H20ClF4N5O2S/c25-20-10-9-19(37-20)22-32-34(23(36)33(22)12-14-5-1-4-8-17(14)26)13-21(35)31-11-18(30)15-6-2-3-7-16(15)24(27,28)29/h1-10,18H,11-13,30H2,(H,31,35). The molecule has 37 heavy (non-hydrogen) atoms. The molecule has 7 nitrogen and oxygen atoms in total. The van der Waals surface area contributed by atoms with E-state index in [4.69, 9.17) is 17.3 Å². The van der Waals surface area contributed by atoms with Crippen LogP contribution >= 0.6 is 22.9 Å². The molecule has 2 aromatic heterocycles. The molecule has 1 amide bonds. The fourth-order valence-corrected chi connectivity index (χ4v) is 4.74. The quantitative estimate of drug-likeness (QED) is 0.315. The monoisotopic (exact) mass is 553 g/mol. The molecule has 1 atom stereocenters. The van der Waals surface area contributed by atoms with Gasteiger partial charge < -0.3 is 11.1 Å². The first-order valence-electron chi connectivity index (χ1n) is 10.9. The Morgan fingerprint density at radius 1 is 1.11 bits per heavy atom. The number of rotatable bonds is 8. The number of hydrogen-bond acceptors (Lipinski definition) is 5. The van der Waals surface area contributed by atoms with Crippen LogP contribution in [-0.2, 0) is 24.1 Å². The number of aromatic nitrogens is 3. The number of amides is 1. The normalized spacial score (nSPS) is 12.5. The summed E-state index contributed by atoms with van der Waals surface area (Å²) >= 11 is 7.18. The van der Waals surface area contributed by atoms with Gasteiger partial charge in [0.25, 0.3) is 0 Å². The molecule has 0 aliphatic carbocycles. The molecular formula is C24H20ClF4N5O2S. The summed E-state index contributed by atoms with van der Waals surface area (Å²) in [5.41, 5.74) is 4.43. The minimum absolute atomic E-state index is 0.142. The van der Waals surface area contributed by atoms with Crippen LogP contribution in [0.25, 0.3) is 10.7 Å². The lowest BCUT2D eigenvalue weighted by molar-refractivity contribution is -0.138. The summed E-state index contributed by atoms with van der Waals surface area (Å²) < 4.78 is 56.7. The van der Waals surface area contributed by atoms with Gasteiger partial charge in [0, 0.05) is 18.2 Å². The summed E-state index contributed by atoms with van der Waals surface area (Å²) in [6.45, 7) is -0.968. The third-order valence-electron chi connectivity index (χ3n) is 5.48. The Kier molecular flexibility index (Phi) is 7.81. The molecule has 4 aromatic rings. The lowest BCUT2D eigenvalue weighted by atomic mass is 10.0. The highest BCUT2D eigenvalue weighted by Crippen LogP contribution is 2.34. The predicted octanol–water partition coefficient (Wildman–Crippen LogP) is 4.45. The number of benzene rings is 2. The Bertz CT molecular complexity index is 1480. The zero-order chi connectivity index (χ0) is 26.7. The maximum Gasteiger partial charge on any atom is 0.416 e. The Morgan fingerprint density at radius 2 is 1.81 bits per heavy atom. The van der Waals surface area contributed by atoms with Crippen LogP contribution in [0.4, 0.5) is 17.6 Å². The predicted molar refractivity (Wildman–Crippen MR) is 132 cm³/mol. The minimum atomic E-state index is -4.60. The highest BCUT2D eigenvalue weighted by molar-refractivity contribution is 7.19. The smallest absolute Gasteiger partial charge is 0.353 e. The second-order valence-electron chi connectivity index (χ2n) is 8.04. The second kappa shape index (κ2) is 10.9. The molecule has 0 saturated heterocycles. The SMILES string of the molecule is NC(CNC(=O)Cn1nc(-c2ccc(Cl)s2)n(Cc2ccccc2F)c1=O)c1ccccc1C(F)(F)F. The minimum Gasteiger partial charge on any atom is -0.353 e. The molecule has 1 unspecified atom stereocenters. The van der Waals surface area contributed by atoms with Gasteiger partial charge in [0.1, 0.15) is 12.4 Å². The molecule has 0 radical (unpaired) electrons. The first kappa shape index (κ1) is 26.6. The number of nitrogens with zero attached hydrogens (tertiary/aromatic N) is 3. The van der Waals surface area contributed by atoms with Crippen molar-refractivity contribution in [1.29, 1.82) is 0 Å². The molecule has 0 aliphatic rings. The summed E-state index contributed by atoms with van der Waals surface area (Å²) in [6, 6.07) is 12.9. The van der Waals surface area contributed by atoms with Crippen LogP contribution in [0.1, 0.15) is 22.7 Å². The molecule has 0 aliphatic heterocycles. The van der Waals surface area contributed by atoms with E-state index in [0.717, 1.165) is 22.1 Å². The zero-order valence-corrected chi connectivity index (χ0v) is 20.6. The third-order valence-corrected chi connectivity index (χ3v) is 6.71. The number of thiophene rings is 1. The van der Waals surface area contributed by atoms with Crippen molar-refractivity contribution in [2.24, 2.45) is 5.73 Å². The van der Waals surface area contributed by atoms with Gasteiger partial charge in [-0.05, 0) is 29.8 Å². The van der Waals surface area contributed by atoms with Crippen molar-refractivity contribution in [2.45, 2.75) is 25.3 Å². The molecule has 3 N–H and O–H groups in total. The average molecular weight is 554 g/mol. The van der Waals surface area contributed by atoms with E-state index in [9.17, 15) is 27.2 Å². The van der Waals surface area contributed by atoms with Crippen molar-refractivity contribution in [2.75, 3.05) is 6.54 Å². The van der Waals surface area contributed by atoms with Crippen molar-refractivity contribution in [3.63, 3.8) is 0 Å². The van der Waals surface area contributed by atoms with E-state index in [1.165, 1.54) is 41.0 Å². The Labute approximate surface area is 217 Å². The number of nitrogens with two attached hydrogens (primary N) is 1. The molecule has 0 saturated carbocycles. The van der Waals surface area contributed by atoms with E-state index in [1.54, 1.807) is 18.2 Å². The molecule has 194 valence electrons. The molecule has 2 aromatic carbocycles. The van der Waals surface area contributed by atoms with E-state index in [0.29, 0.717) is 9.21 Å². The van der Waals surface area contributed by atoms with Crippen molar-refractivity contribution in [3.8, 4) is 10.7 Å². The molecule has 2 heterocycles. The molecule has 0 bridgehead atoms. The number of alkyl halides is 3. The van der Waals surface area contributed by atoms with Gasteiger partial charge in [-0.15, -0.1) is 16.4 Å². The van der Waals surface area contributed by atoms with E-state index in [-0.39, 0.29) is 30.0 Å². The van der Waals surface area contributed by atoms with E-state index >= 15 is 0 Å². The van der Waals surface area contributed by atoms with Gasteiger partial charge in [0.2, 0.25) is 5.91 Å². The van der Waals surface area contributed by atoms with Gasteiger partial charge in [-0.25, -0.2) is 13.9 Å². The van der Waals surface area contributed by atoms with E-state index in [2.05, 4.69) is 10.4 Å². The first-order valence-corrected chi connectivity index (χ1v) is 12.1. The first-order chi connectivity index (χ1) is 17.5. The summed E-state index contributed by atoms with van der Waals surface area (Å²) in [5, 5.41) is 6.69. The average Bonchev–Trinajstić information content (AvgIpc) is 3.41. The van der Waals surface area contributed by atoms with Gasteiger partial charge in [-0.3, -0.25) is 9.36 Å². The Hall–Kier alpha value is -3.48. The molecule has 13 heteroatoms. The lowest BCUT2D eigenvalue weighted by Gasteiger charge is -2.18.